The largest absolute Gasteiger partial charge is 0.497 e. The van der Waals surface area contributed by atoms with Crippen LogP contribution in [-0.2, 0) is 19.2 Å². The summed E-state index contributed by atoms with van der Waals surface area (Å²) in [6.07, 6.45) is 5.95. The maximum Gasteiger partial charge on any atom is 0.237 e. The Hall–Kier alpha value is -6.12. The minimum atomic E-state index is -0.606. The number of carbonyl (C=O) groups excluding carboxylic acids is 4. The minimum absolute atomic E-state index is 0.0291. The van der Waals surface area contributed by atoms with Crippen LogP contribution >= 0.6 is 0 Å². The molecule has 66 heavy (non-hydrogen) atoms. The second-order valence-corrected chi connectivity index (χ2v) is 15.9. The Balaban J connectivity index is 0.000000356. The van der Waals surface area contributed by atoms with E-state index in [1.54, 1.807) is 47.5 Å². The number of hydrogen-bond donors (Lipinski definition) is 4. The topological polar surface area (TPSA) is 200 Å². The SMILES string of the molecule is CCOc1ccc(C(NC(=O)C(CCCCCC(C)=O)CC(C)=O)c2ccc(OC)cc2OC)cc1.CCOc1ccc(C(NC(=O)C(N)CCCCN)c2ccc(OC)cc2OC)cc1. The van der Waals surface area contributed by atoms with E-state index in [4.69, 9.17) is 39.9 Å². The summed E-state index contributed by atoms with van der Waals surface area (Å²) in [5.74, 6) is 3.31. The number of unbranched alkanes of at least 4 members (excludes halogenated alkanes) is 3. The molecule has 0 aromatic heterocycles. The molecule has 0 aliphatic rings. The van der Waals surface area contributed by atoms with Crippen molar-refractivity contribution in [2.75, 3.05) is 48.2 Å². The van der Waals surface area contributed by atoms with Gasteiger partial charge in [0, 0.05) is 42.0 Å². The fraction of sp³-hybridized carbons (Fsp3) is 0.462. The first kappa shape index (κ1) is 54.2. The molecular formula is C52H72N4O10. The summed E-state index contributed by atoms with van der Waals surface area (Å²) in [7, 11) is 6.35. The molecule has 2 amide bonds. The summed E-state index contributed by atoms with van der Waals surface area (Å²) in [6, 6.07) is 24.7. The van der Waals surface area contributed by atoms with E-state index >= 15 is 0 Å². The molecule has 0 saturated heterocycles. The number of amides is 2. The Bertz CT molecular complexity index is 2090. The van der Waals surface area contributed by atoms with E-state index < -0.39 is 24.0 Å². The lowest BCUT2D eigenvalue weighted by atomic mass is 9.92. The van der Waals surface area contributed by atoms with Gasteiger partial charge in [-0.05, 0) is 120 Å². The standard InChI is InChI=1S/C29H39NO6.C23H33N3O4/c1-6-36-24-14-12-22(13-15-24)28(26-17-16-25(34-4)19-27(26)35-5)30-29(33)23(18-21(3)32)11-9-7-8-10-20(2)31;1-4-30-17-10-8-16(9-11-17)22(26-23(27)20(25)7-5-6-14-24)19-13-12-18(28-2)15-21(19)29-3/h12-17,19,23,28H,6-11,18H2,1-5H3,(H,30,33);8-13,15,20,22H,4-7,14,24-25H2,1-3H3,(H,26,27). The van der Waals surface area contributed by atoms with Crippen LogP contribution in [0.25, 0.3) is 0 Å². The van der Waals surface area contributed by atoms with Crippen molar-refractivity contribution in [3.8, 4) is 34.5 Å². The molecular weight excluding hydrogens is 841 g/mol. The number of ether oxygens (including phenoxy) is 6. The maximum atomic E-state index is 13.5. The van der Waals surface area contributed by atoms with Gasteiger partial charge in [-0.1, -0.05) is 43.5 Å². The number of rotatable bonds is 28. The average Bonchev–Trinajstić information content (AvgIpc) is 3.32. The van der Waals surface area contributed by atoms with E-state index in [0.29, 0.717) is 62.0 Å². The van der Waals surface area contributed by atoms with Crippen molar-refractivity contribution in [2.45, 2.75) is 104 Å². The van der Waals surface area contributed by atoms with Crippen LogP contribution < -0.4 is 50.5 Å². The van der Waals surface area contributed by atoms with Gasteiger partial charge in [0.05, 0.1) is 59.8 Å². The third kappa shape index (κ3) is 17.7. The molecule has 14 heteroatoms. The fourth-order valence-electron chi connectivity index (χ4n) is 7.40. The molecule has 0 saturated carbocycles. The van der Waals surface area contributed by atoms with E-state index in [1.807, 2.05) is 86.6 Å². The second kappa shape index (κ2) is 29.4. The average molecular weight is 913 g/mol. The van der Waals surface area contributed by atoms with Crippen LogP contribution in [0.5, 0.6) is 34.5 Å². The molecule has 6 N–H and O–H groups in total. The number of carbonyl (C=O) groups is 4. The molecule has 0 spiro atoms. The maximum absolute atomic E-state index is 13.5. The Morgan fingerprint density at radius 2 is 1.00 bits per heavy atom. The van der Waals surface area contributed by atoms with Crippen LogP contribution in [0.3, 0.4) is 0 Å². The molecule has 0 aliphatic carbocycles. The van der Waals surface area contributed by atoms with E-state index in [1.165, 1.54) is 6.92 Å². The van der Waals surface area contributed by atoms with Gasteiger partial charge in [-0.25, -0.2) is 0 Å². The predicted octanol–water partition coefficient (Wildman–Crippen LogP) is 8.21. The third-order valence-corrected chi connectivity index (χ3v) is 10.9. The van der Waals surface area contributed by atoms with Crippen molar-refractivity contribution < 1.29 is 47.6 Å². The molecule has 0 fully saturated rings. The Kier molecular flexibility index (Phi) is 24.2. The van der Waals surface area contributed by atoms with Gasteiger partial charge in [0.15, 0.2) is 0 Å². The van der Waals surface area contributed by atoms with Crippen LogP contribution in [0.2, 0.25) is 0 Å². The zero-order valence-electron chi connectivity index (χ0n) is 40.1. The Morgan fingerprint density at radius 1 is 0.545 bits per heavy atom. The molecule has 0 bridgehead atoms. The van der Waals surface area contributed by atoms with E-state index in [2.05, 4.69) is 10.6 Å². The van der Waals surface area contributed by atoms with Crippen LogP contribution in [0.1, 0.15) is 120 Å². The zero-order chi connectivity index (χ0) is 48.4. The molecule has 0 heterocycles. The van der Waals surface area contributed by atoms with Crippen molar-refractivity contribution in [1.82, 2.24) is 10.6 Å². The van der Waals surface area contributed by atoms with Gasteiger partial charge in [0.2, 0.25) is 11.8 Å². The monoisotopic (exact) mass is 913 g/mol. The molecule has 14 nitrogen and oxygen atoms in total. The van der Waals surface area contributed by atoms with Crippen LogP contribution in [0, 0.1) is 5.92 Å². The molecule has 4 rings (SSSR count). The fourth-order valence-corrected chi connectivity index (χ4v) is 7.40. The highest BCUT2D eigenvalue weighted by molar-refractivity contribution is 5.86. The highest BCUT2D eigenvalue weighted by Crippen LogP contribution is 2.36. The number of hydrogen-bond acceptors (Lipinski definition) is 12. The van der Waals surface area contributed by atoms with Gasteiger partial charge in [-0.2, -0.15) is 0 Å². The number of nitrogens with two attached hydrogens (primary N) is 2. The molecule has 4 aromatic carbocycles. The lowest BCUT2D eigenvalue weighted by Gasteiger charge is -2.25. The normalized spacial score (nSPS) is 12.5. The first-order chi connectivity index (χ1) is 31.8. The van der Waals surface area contributed by atoms with Crippen LogP contribution in [0.4, 0.5) is 0 Å². The van der Waals surface area contributed by atoms with Gasteiger partial charge >= 0.3 is 0 Å². The van der Waals surface area contributed by atoms with Crippen molar-refractivity contribution in [3.05, 3.63) is 107 Å². The molecule has 4 aromatic rings. The van der Waals surface area contributed by atoms with Crippen molar-refractivity contribution in [1.29, 1.82) is 0 Å². The Morgan fingerprint density at radius 3 is 1.41 bits per heavy atom. The summed E-state index contributed by atoms with van der Waals surface area (Å²) in [5, 5.41) is 6.25. The molecule has 0 radical (unpaired) electrons. The van der Waals surface area contributed by atoms with E-state index in [-0.39, 0.29) is 29.8 Å². The predicted molar refractivity (Wildman–Crippen MR) is 258 cm³/mol. The van der Waals surface area contributed by atoms with Gasteiger partial charge in [-0.3, -0.25) is 9.59 Å². The highest BCUT2D eigenvalue weighted by atomic mass is 16.5. The van der Waals surface area contributed by atoms with Gasteiger partial charge in [0.1, 0.15) is 46.1 Å². The highest BCUT2D eigenvalue weighted by Gasteiger charge is 2.27. The third-order valence-electron chi connectivity index (χ3n) is 10.9. The summed E-state index contributed by atoms with van der Waals surface area (Å²) in [6.45, 7) is 8.69. The molecule has 4 unspecified atom stereocenters. The van der Waals surface area contributed by atoms with Gasteiger partial charge < -0.3 is 60.1 Å². The number of Topliss-reactive ketones (excluding diaryl/α,β-unsaturated/α-hetero) is 2. The number of ketones is 2. The Labute approximate surface area is 391 Å². The van der Waals surface area contributed by atoms with Gasteiger partial charge in [0.25, 0.3) is 0 Å². The smallest absolute Gasteiger partial charge is 0.237 e. The van der Waals surface area contributed by atoms with Crippen LogP contribution in [-0.4, -0.2) is 77.6 Å². The molecule has 360 valence electrons. The van der Waals surface area contributed by atoms with Gasteiger partial charge in [-0.15, -0.1) is 0 Å². The van der Waals surface area contributed by atoms with Crippen molar-refractivity contribution in [3.63, 3.8) is 0 Å². The van der Waals surface area contributed by atoms with Crippen molar-refractivity contribution in [2.24, 2.45) is 17.4 Å². The number of methoxy groups -OCH3 is 4. The van der Waals surface area contributed by atoms with Crippen molar-refractivity contribution >= 4 is 23.4 Å². The number of benzene rings is 4. The van der Waals surface area contributed by atoms with E-state index in [0.717, 1.165) is 65.9 Å². The summed E-state index contributed by atoms with van der Waals surface area (Å²) in [5.41, 5.74) is 15.0. The van der Waals surface area contributed by atoms with E-state index in [9.17, 15) is 19.2 Å². The molecule has 4 atom stereocenters. The number of nitrogens with one attached hydrogen (secondary N) is 2. The summed E-state index contributed by atoms with van der Waals surface area (Å²) < 4.78 is 33.0. The first-order valence-electron chi connectivity index (χ1n) is 22.8. The van der Waals surface area contributed by atoms with Crippen LogP contribution in [0.15, 0.2) is 84.9 Å². The quantitative estimate of drug-likeness (QED) is 0.0399. The zero-order valence-corrected chi connectivity index (χ0v) is 40.1. The summed E-state index contributed by atoms with van der Waals surface area (Å²) in [4.78, 5) is 49.5. The molecule has 0 aliphatic heterocycles. The second-order valence-electron chi connectivity index (χ2n) is 15.9. The summed E-state index contributed by atoms with van der Waals surface area (Å²) >= 11 is 0. The first-order valence-corrected chi connectivity index (χ1v) is 22.8. The minimum Gasteiger partial charge on any atom is -0.497 e. The lowest BCUT2D eigenvalue weighted by Crippen LogP contribution is -2.42. The lowest BCUT2D eigenvalue weighted by molar-refractivity contribution is -0.129.